The van der Waals surface area contributed by atoms with Crippen LogP contribution in [0, 0.1) is 6.92 Å². The Balaban J connectivity index is 0.00000451. The smallest absolute Gasteiger partial charge is 1.00 e. The molecule has 7 aliphatic heterocycles. The van der Waals surface area contributed by atoms with Crippen molar-refractivity contribution in [3.63, 3.8) is 0 Å². The Morgan fingerprint density at radius 3 is 1.26 bits per heavy atom. The van der Waals surface area contributed by atoms with Gasteiger partial charge in [-0.1, -0.05) is 0 Å². The molecule has 2 aromatic heterocycles. The van der Waals surface area contributed by atoms with Gasteiger partial charge in [-0.3, -0.25) is 19.3 Å². The van der Waals surface area contributed by atoms with E-state index in [0.717, 1.165) is 48.7 Å². The zero-order chi connectivity index (χ0) is 78.6. The van der Waals surface area contributed by atoms with E-state index in [-0.39, 0.29) is 140 Å². The number of amidine groups is 4. The quantitative estimate of drug-likeness (QED) is 0.00968. The fraction of sp³-hybridized carbons (Fsp3) is 0.486. The molecule has 39 heteroatoms. The molecule has 6 aromatic rings. The molecule has 2 atom stereocenters. The molecule has 2 unspecified atom stereocenters. The van der Waals surface area contributed by atoms with Crippen LogP contribution in [0.25, 0.3) is 21.5 Å². The van der Waals surface area contributed by atoms with Crippen molar-refractivity contribution < 1.29 is 181 Å². The third-order valence-electron chi connectivity index (χ3n) is 23.0. The predicted octanol–water partition coefficient (Wildman–Crippen LogP) is -1.60. The molecule has 0 fully saturated rings. The van der Waals surface area contributed by atoms with Gasteiger partial charge < -0.3 is 5.32 Å². The first-order chi connectivity index (χ1) is 52.0. The number of hydrogen-bond acceptors (Lipinski definition) is 19. The van der Waals surface area contributed by atoms with Crippen molar-refractivity contribution >= 4 is 139 Å². The van der Waals surface area contributed by atoms with E-state index in [9.17, 15) is 74.5 Å². The van der Waals surface area contributed by atoms with Crippen LogP contribution in [0.1, 0.15) is 125 Å². The van der Waals surface area contributed by atoms with Gasteiger partial charge in [-0.25, -0.2) is 0 Å². The van der Waals surface area contributed by atoms with E-state index in [1.54, 1.807) is 0 Å². The molecule has 0 saturated carbocycles. The summed E-state index contributed by atoms with van der Waals surface area (Å²) in [6.45, 7) is 17.1. The molecule has 9 heterocycles. The van der Waals surface area contributed by atoms with Gasteiger partial charge in [0.25, 0.3) is 11.8 Å². The number of carbonyl (C=O) groups excluding carboxylic acids is 3. The molecule has 0 aliphatic carbocycles. The minimum atomic E-state index is -7.37. The molecule has 3 amide bonds. The molecule has 0 radical (unpaired) electrons. The van der Waals surface area contributed by atoms with Crippen LogP contribution in [0.4, 0.5) is 11.6 Å². The average molecular weight is 1710 g/mol. The van der Waals surface area contributed by atoms with Crippen LogP contribution >= 0.6 is 0 Å². The molecule has 29 nitrogen and oxygen atoms in total. The van der Waals surface area contributed by atoms with Gasteiger partial charge in [0, 0.05) is 25.2 Å². The number of aliphatic imine (C=N–C) groups is 2. The van der Waals surface area contributed by atoms with E-state index >= 15 is 0 Å². The molecular weight excluding hydrogens is 1610 g/mol. The minimum Gasteiger partial charge on any atom is 1.00 e. The fourth-order valence-corrected chi connectivity index (χ4v) is 43.1. The van der Waals surface area contributed by atoms with Gasteiger partial charge in [0.05, 0.1) is 0 Å². The second-order valence-corrected chi connectivity index (χ2v) is 52.3. The number of hydrogen-bond donors (Lipinski definition) is 3. The zero-order valence-corrected chi connectivity index (χ0v) is 78.1. The summed E-state index contributed by atoms with van der Waals surface area (Å²) in [5, 5.41) is 5.93. The number of nitrogens with one attached hydrogen (secondary N) is 1. The first-order valence-electron chi connectivity index (χ1n) is 38.3. The van der Waals surface area contributed by atoms with Gasteiger partial charge in [0.2, 0.25) is 0 Å². The number of fused-ring (bicyclic) bond motifs is 12. The van der Waals surface area contributed by atoms with Crippen LogP contribution in [0.2, 0.25) is 38.3 Å². The van der Waals surface area contributed by atoms with Crippen molar-refractivity contribution in [2.45, 2.75) is 141 Å². The Hall–Kier alpha value is -4.28. The Kier molecular flexibility index (Phi) is 28.0. The molecule has 113 heavy (non-hydrogen) atoms. The van der Waals surface area contributed by atoms with Gasteiger partial charge >= 0.3 is 676 Å². The third-order valence-corrected chi connectivity index (χ3v) is 42.9. The monoisotopic (exact) mass is 1710 g/mol. The summed E-state index contributed by atoms with van der Waals surface area (Å²) < 4.78 is 171. The summed E-state index contributed by atoms with van der Waals surface area (Å²) in [5.41, 5.74) is 4.18. The first kappa shape index (κ1) is 91.0. The summed E-state index contributed by atoms with van der Waals surface area (Å²) in [5.74, 6) is 0.0407. The van der Waals surface area contributed by atoms with E-state index in [1.807, 2.05) is 48.5 Å². The van der Waals surface area contributed by atoms with Crippen LogP contribution in [0.3, 0.4) is 0 Å². The van der Waals surface area contributed by atoms with Crippen molar-refractivity contribution in [1.29, 1.82) is 0 Å². The second kappa shape index (κ2) is 34.8. The predicted molar refractivity (Wildman–Crippen MR) is 423 cm³/mol. The maximum absolute atomic E-state index is 13.2. The van der Waals surface area contributed by atoms with Gasteiger partial charge in [-0.2, -0.15) is 0 Å². The van der Waals surface area contributed by atoms with Gasteiger partial charge in [-0.15, -0.1) is 0 Å². The maximum atomic E-state index is 13.2. The summed E-state index contributed by atoms with van der Waals surface area (Å²) in [7, 11) is -32.5. The van der Waals surface area contributed by atoms with Crippen molar-refractivity contribution in [2.24, 2.45) is 20.0 Å². The SMILES string of the molecule is [CH2-]CCC[N+](CCCCS(=O)(=O)[O-])(CCCCS(=O)(=O)O)CCC[Si](C)(C)O[Si-2]123(O[Si](C)(C)CCC[N+](CCCCCC(=O)NCCN4C(=O)C=CC4=O)(CCCCS(=O)(=O)[O-])CCCCS(=O)(=O)O)n4c5c6ccccc6c4N=C4c6ccccc6C(=[N+]41)N=c1c4ccccc4c(n12)=NC1=[N+]3C(=N5)c2ccccc21.[Na+].[Na+].[Na+]. The third kappa shape index (κ3) is 17.7. The van der Waals surface area contributed by atoms with E-state index in [4.69, 9.17) is 20.0 Å². The first-order valence-corrected chi connectivity index (χ1v) is 53.5. The number of rotatable bonds is 44. The topological polar surface area (TPSA) is 373 Å². The van der Waals surface area contributed by atoms with Crippen molar-refractivity contribution in [3.05, 3.63) is 149 Å². The summed E-state index contributed by atoms with van der Waals surface area (Å²) in [6, 6.07) is 33.3. The Morgan fingerprint density at radius 1 is 0.496 bits per heavy atom. The molecule has 0 saturated heterocycles. The molecule has 1 spiro atoms. The largest absolute Gasteiger partial charge is 1.00 e. The van der Waals surface area contributed by atoms with Crippen LogP contribution in [0.15, 0.2) is 129 Å². The number of benzene rings is 4. The van der Waals surface area contributed by atoms with Crippen LogP contribution in [-0.4, -0.2) is 237 Å². The molecule has 0 bridgehead atoms. The molecule has 7 aliphatic rings. The molecule has 13 rings (SSSR count). The van der Waals surface area contributed by atoms with E-state index in [1.165, 1.54) is 12.2 Å². The Bertz CT molecular complexity index is 5290. The Morgan fingerprint density at radius 2 is 0.858 bits per heavy atom. The molecule has 3 N–H and O–H groups in total. The van der Waals surface area contributed by atoms with Crippen molar-refractivity contribution in [3.8, 4) is 0 Å². The number of unbranched alkanes of at least 4 members (excludes halogenated alkanes) is 7. The number of quaternary nitrogens is 2. The van der Waals surface area contributed by atoms with Crippen molar-refractivity contribution in [2.75, 3.05) is 88.5 Å². The number of nitrogens with zero attached hydrogens (tertiary/aromatic N) is 11. The fourth-order valence-electron chi connectivity index (χ4n) is 18.6. The van der Waals surface area contributed by atoms with E-state index < -0.39 is 99.7 Å². The molecule has 4 aromatic carbocycles. The number of amides is 3. The summed E-state index contributed by atoms with van der Waals surface area (Å²) >= 11 is 0. The van der Waals surface area contributed by atoms with Crippen LogP contribution in [0.5, 0.6) is 0 Å². The number of carbonyl (C=O) groups is 3. The second-order valence-electron chi connectivity index (χ2n) is 31.8. The average Bonchev–Trinajstić information content (AvgIpc) is 1.47. The number of imide groups is 1. The van der Waals surface area contributed by atoms with E-state index in [0.29, 0.717) is 190 Å². The maximum Gasteiger partial charge on any atom is 1.00 e. The summed E-state index contributed by atoms with van der Waals surface area (Å²) in [4.78, 5) is 62.3. The van der Waals surface area contributed by atoms with Crippen LogP contribution < -0.4 is 105 Å². The van der Waals surface area contributed by atoms with Gasteiger partial charge in [0.1, 0.15) is 0 Å². The van der Waals surface area contributed by atoms with Crippen molar-refractivity contribution in [1.82, 2.24) is 18.7 Å². The van der Waals surface area contributed by atoms with Gasteiger partial charge in [0.15, 0.2) is 0 Å². The number of aromatic nitrogens is 2. The van der Waals surface area contributed by atoms with Gasteiger partial charge in [-0.05, 0) is 0 Å². The molecule has 594 valence electrons. The standard InChI is InChI=1S/C74H100N12O17S4Si3.3Na/c1-6-7-42-85(44-19-23-50-104(90,91)92,45-20-24-51-105(93,94)95)48-27-54-108(2,3)102-110(103-109(4,5)55-28-49-86(46-21-25-52-106(96,97)98,47-22-26-53-107(99,100)101)43-18-8-9-37-64(87)75-40-41-80-65(88)38-39-66(80)89)81-67-56-29-10-11-30-57(56)68(81)77-70-60-33-14-15-34-61(60)72(83(70)110)79-74-63-36-17-16-35-62(63)73(84(74)110)78-71-59-32-13-12-31-58(59)69(76-67)82(71)110;;;/h10-17,29-36,38-39H,1,6-9,18-28,37,40-55H2,2-5H3,(H4-,75,87,90,91,92,93,94,95,96,97,98,99,100,101);;;/q;3*+1/p-1. The summed E-state index contributed by atoms with van der Waals surface area (Å²) in [6.07, 6.45) is 8.53. The Labute approximate surface area is 729 Å². The minimum absolute atomic E-state index is 0. The molecular formula is C74H99N12Na3O17S4Si3+2. The van der Waals surface area contributed by atoms with Crippen LogP contribution in [-0.2, 0) is 63.1 Å². The normalized spacial score (nSPS) is 18.2. The zero-order valence-electron chi connectivity index (χ0n) is 65.8. The van der Waals surface area contributed by atoms with E-state index in [2.05, 4.69) is 104 Å².